The molecule has 5 N–H and O–H groups in total. The number of nitrogens with two attached hydrogens (primary N) is 1. The first kappa shape index (κ1) is 24.8. The van der Waals surface area contributed by atoms with E-state index in [0.717, 1.165) is 22.5 Å². The summed E-state index contributed by atoms with van der Waals surface area (Å²) in [6.45, 7) is -0.0733. The second kappa shape index (κ2) is 9.02. The molecule has 15 heteroatoms. The molecule has 0 amide bonds. The summed E-state index contributed by atoms with van der Waals surface area (Å²) in [5.74, 6) is -1.50. The molecule has 186 valence electrons. The number of alkyl halides is 3. The number of carbonyl (C=O) groups is 1. The van der Waals surface area contributed by atoms with Gasteiger partial charge >= 0.3 is 12.1 Å². The maximum atomic E-state index is 14.2. The van der Waals surface area contributed by atoms with Crippen LogP contribution in [0.2, 0.25) is 5.02 Å². The van der Waals surface area contributed by atoms with Crippen LogP contribution in [0, 0.1) is 0 Å². The first-order chi connectivity index (χ1) is 16.4. The van der Waals surface area contributed by atoms with Gasteiger partial charge in [-0.1, -0.05) is 29.8 Å². The second-order valence-corrected chi connectivity index (χ2v) is 9.92. The molecule has 2 heterocycles. The zero-order valence-corrected chi connectivity index (χ0v) is 19.2. The lowest BCUT2D eigenvalue weighted by molar-refractivity contribution is -0.140. The van der Waals surface area contributed by atoms with Crippen molar-refractivity contribution < 1.29 is 31.5 Å². The summed E-state index contributed by atoms with van der Waals surface area (Å²) in [5, 5.41) is 17.6. The number of halogens is 4. The number of nitrogen functional groups attached to an aromatic ring is 1. The Morgan fingerprint density at radius 3 is 2.63 bits per heavy atom. The standard InChI is InChI=1S/C20H18ClF3N6O4S/c21-13-9-10(26-19-27-18(25)28-29-19)8-12(20(22,23)24)16(13)11-4-1-2-6-15(11)35(33,34)30-7-3-5-14(30)17(31)32/h1-2,4,6,8-9,14H,3,5,7H2,(H,31,32)(H4,25,26,27,28,29)/t14-/m0/s1. The molecule has 0 bridgehead atoms. The smallest absolute Gasteiger partial charge is 0.417 e. The summed E-state index contributed by atoms with van der Waals surface area (Å²) in [6.07, 6.45) is -4.53. The average molecular weight is 531 g/mol. The lowest BCUT2D eigenvalue weighted by Crippen LogP contribution is -2.40. The normalized spacial score (nSPS) is 17.0. The van der Waals surface area contributed by atoms with Crippen molar-refractivity contribution in [2.75, 3.05) is 17.6 Å². The van der Waals surface area contributed by atoms with Crippen LogP contribution in [-0.4, -0.2) is 51.6 Å². The molecule has 0 unspecified atom stereocenters. The third-order valence-electron chi connectivity index (χ3n) is 5.39. The van der Waals surface area contributed by atoms with E-state index in [1.807, 2.05) is 0 Å². The highest BCUT2D eigenvalue weighted by Crippen LogP contribution is 2.45. The number of sulfonamides is 1. The largest absolute Gasteiger partial charge is 0.480 e. The maximum Gasteiger partial charge on any atom is 0.417 e. The van der Waals surface area contributed by atoms with Crippen molar-refractivity contribution in [1.29, 1.82) is 0 Å². The Balaban J connectivity index is 1.87. The van der Waals surface area contributed by atoms with Gasteiger partial charge in [0, 0.05) is 23.4 Å². The van der Waals surface area contributed by atoms with E-state index in [1.54, 1.807) is 0 Å². The van der Waals surface area contributed by atoms with E-state index in [1.165, 1.54) is 18.2 Å². The Kier molecular flexibility index (Phi) is 6.38. The van der Waals surface area contributed by atoms with Crippen molar-refractivity contribution in [2.24, 2.45) is 0 Å². The Morgan fingerprint density at radius 2 is 2.00 bits per heavy atom. The molecule has 0 saturated carbocycles. The summed E-state index contributed by atoms with van der Waals surface area (Å²) in [7, 11) is -4.47. The number of aromatic nitrogens is 3. The van der Waals surface area contributed by atoms with Crippen LogP contribution in [0.25, 0.3) is 11.1 Å². The van der Waals surface area contributed by atoms with E-state index in [0.29, 0.717) is 6.42 Å². The van der Waals surface area contributed by atoms with Gasteiger partial charge in [-0.3, -0.25) is 4.79 Å². The van der Waals surface area contributed by atoms with E-state index in [4.69, 9.17) is 17.3 Å². The van der Waals surface area contributed by atoms with E-state index >= 15 is 0 Å². The van der Waals surface area contributed by atoms with Crippen LogP contribution in [0.15, 0.2) is 41.3 Å². The molecule has 1 fully saturated rings. The third-order valence-corrected chi connectivity index (χ3v) is 7.65. The van der Waals surface area contributed by atoms with Crippen LogP contribution < -0.4 is 11.1 Å². The number of H-pyrrole nitrogens is 1. The first-order valence-electron chi connectivity index (χ1n) is 10.1. The molecule has 10 nitrogen and oxygen atoms in total. The van der Waals surface area contributed by atoms with Gasteiger partial charge in [0.25, 0.3) is 0 Å². The third kappa shape index (κ3) is 4.76. The van der Waals surface area contributed by atoms with Crippen LogP contribution in [0.4, 0.5) is 30.8 Å². The quantitative estimate of drug-likeness (QED) is 0.376. The summed E-state index contributed by atoms with van der Waals surface area (Å²) < 4.78 is 70.1. The van der Waals surface area contributed by atoms with E-state index in [9.17, 15) is 31.5 Å². The van der Waals surface area contributed by atoms with Gasteiger partial charge in [0.05, 0.1) is 15.5 Å². The number of hydrogen-bond donors (Lipinski definition) is 4. The Hall–Kier alpha value is -3.36. The second-order valence-electron chi connectivity index (χ2n) is 7.66. The number of rotatable bonds is 6. The topological polar surface area (TPSA) is 154 Å². The summed E-state index contributed by atoms with van der Waals surface area (Å²) in [6, 6.07) is 5.62. The molecule has 3 aromatic rings. The van der Waals surface area contributed by atoms with Gasteiger partial charge < -0.3 is 16.2 Å². The minimum Gasteiger partial charge on any atom is -0.480 e. The summed E-state index contributed by atoms with van der Waals surface area (Å²) in [4.78, 5) is 14.8. The molecule has 1 aliphatic rings. The van der Waals surface area contributed by atoms with E-state index < -0.39 is 49.3 Å². The van der Waals surface area contributed by atoms with Crippen LogP contribution in [0.3, 0.4) is 0 Å². The Labute approximate surface area is 202 Å². The number of carboxylic acids is 1. The van der Waals surface area contributed by atoms with Crippen LogP contribution in [0.5, 0.6) is 0 Å². The highest BCUT2D eigenvalue weighted by atomic mass is 35.5. The molecule has 0 aliphatic carbocycles. The number of nitrogens with zero attached hydrogens (tertiary/aromatic N) is 3. The molecule has 0 radical (unpaired) electrons. The van der Waals surface area contributed by atoms with Crippen molar-refractivity contribution >= 4 is 45.2 Å². The van der Waals surface area contributed by atoms with Gasteiger partial charge in [-0.15, -0.1) is 5.10 Å². The summed E-state index contributed by atoms with van der Waals surface area (Å²) >= 11 is 6.29. The van der Waals surface area contributed by atoms with Crippen LogP contribution in [0.1, 0.15) is 18.4 Å². The Bertz CT molecular complexity index is 1400. The average Bonchev–Trinajstić information content (AvgIpc) is 3.42. The van der Waals surface area contributed by atoms with Crippen molar-refractivity contribution in [3.05, 3.63) is 47.0 Å². The minimum absolute atomic E-state index is 0.0630. The van der Waals surface area contributed by atoms with Crippen LogP contribution in [-0.2, 0) is 21.0 Å². The van der Waals surface area contributed by atoms with E-state index in [-0.39, 0.29) is 36.1 Å². The van der Waals surface area contributed by atoms with Crippen molar-refractivity contribution in [1.82, 2.24) is 19.5 Å². The molecule has 1 aromatic heterocycles. The van der Waals surface area contributed by atoms with Gasteiger partial charge in [0.1, 0.15) is 6.04 Å². The number of carboxylic acid groups (broad SMARTS) is 1. The lowest BCUT2D eigenvalue weighted by atomic mass is 9.98. The predicted molar refractivity (Wildman–Crippen MR) is 121 cm³/mol. The fourth-order valence-corrected chi connectivity index (χ4v) is 6.11. The molecule has 4 rings (SSSR count). The molecule has 1 atom stereocenters. The highest BCUT2D eigenvalue weighted by molar-refractivity contribution is 7.89. The van der Waals surface area contributed by atoms with Gasteiger partial charge in [0.15, 0.2) is 0 Å². The SMILES string of the molecule is Nc1nc(Nc2cc(Cl)c(-c3ccccc3S(=O)(=O)N3CCC[C@H]3C(=O)O)c(C(F)(F)F)c2)n[nH]1. The number of aromatic amines is 1. The number of nitrogens with one attached hydrogen (secondary N) is 2. The monoisotopic (exact) mass is 530 g/mol. The predicted octanol–water partition coefficient (Wildman–Crippen LogP) is 3.71. The fraction of sp³-hybridized carbons (Fsp3) is 0.250. The molecule has 35 heavy (non-hydrogen) atoms. The van der Waals surface area contributed by atoms with E-state index in [2.05, 4.69) is 20.5 Å². The van der Waals surface area contributed by atoms with Crippen molar-refractivity contribution in [2.45, 2.75) is 30.0 Å². The first-order valence-corrected chi connectivity index (χ1v) is 11.9. The van der Waals surface area contributed by atoms with Gasteiger partial charge in [0.2, 0.25) is 21.9 Å². The number of benzene rings is 2. The van der Waals surface area contributed by atoms with Gasteiger partial charge in [-0.25, -0.2) is 13.5 Å². The van der Waals surface area contributed by atoms with Gasteiger partial charge in [-0.2, -0.15) is 22.5 Å². The highest BCUT2D eigenvalue weighted by Gasteiger charge is 2.42. The zero-order chi connectivity index (χ0) is 25.5. The molecule has 0 spiro atoms. The molecule has 2 aromatic carbocycles. The Morgan fingerprint density at radius 1 is 1.29 bits per heavy atom. The van der Waals surface area contributed by atoms with Crippen molar-refractivity contribution in [3.8, 4) is 11.1 Å². The number of hydrogen-bond acceptors (Lipinski definition) is 7. The lowest BCUT2D eigenvalue weighted by Gasteiger charge is -2.24. The summed E-state index contributed by atoms with van der Waals surface area (Å²) in [5.41, 5.74) is 3.22. The zero-order valence-electron chi connectivity index (χ0n) is 17.7. The maximum absolute atomic E-state index is 14.2. The minimum atomic E-state index is -4.93. The fourth-order valence-electron chi connectivity index (χ4n) is 3.93. The number of aliphatic carboxylic acids is 1. The van der Waals surface area contributed by atoms with Crippen molar-refractivity contribution in [3.63, 3.8) is 0 Å². The molecule has 1 saturated heterocycles. The molecule has 1 aliphatic heterocycles. The molecular formula is C20H18ClF3N6O4S. The van der Waals surface area contributed by atoms with Gasteiger partial charge in [-0.05, 0) is 31.0 Å². The van der Waals surface area contributed by atoms with Crippen LogP contribution >= 0.6 is 11.6 Å². The number of anilines is 3. The molecular weight excluding hydrogens is 513 g/mol.